The van der Waals surface area contributed by atoms with E-state index in [2.05, 4.69) is 10.1 Å². The van der Waals surface area contributed by atoms with E-state index in [1.165, 1.54) is 18.0 Å². The van der Waals surface area contributed by atoms with Crippen molar-refractivity contribution < 1.29 is 9.53 Å². The monoisotopic (exact) mass is 247 g/mol. The van der Waals surface area contributed by atoms with Crippen LogP contribution in [0.5, 0.6) is 5.88 Å². The van der Waals surface area contributed by atoms with Gasteiger partial charge in [-0.05, 0) is 12.1 Å². The minimum absolute atomic E-state index is 0.102. The normalized spacial score (nSPS) is 9.33. The molecule has 0 saturated heterocycles. The molecule has 0 unspecified atom stereocenters. The quantitative estimate of drug-likeness (QED) is 0.779. The molecule has 0 radical (unpaired) electrons. The largest absolute Gasteiger partial charge is 0.481 e. The third-order valence-corrected chi connectivity index (χ3v) is 2.26. The maximum atomic E-state index is 12.0. The van der Waals surface area contributed by atoms with E-state index in [0.717, 1.165) is 0 Å². The Kier molecular flexibility index (Phi) is 5.05. The molecule has 0 N–H and O–H groups in total. The number of aromatic nitrogens is 3. The van der Waals surface area contributed by atoms with Crippen LogP contribution in [0, 0.1) is 0 Å². The van der Waals surface area contributed by atoms with Gasteiger partial charge in [-0.15, -0.1) is 0 Å². The van der Waals surface area contributed by atoms with Gasteiger partial charge in [-0.2, -0.15) is 5.10 Å². The van der Waals surface area contributed by atoms with Crippen LogP contribution in [0.4, 0.5) is 0 Å². The average Bonchev–Trinajstić information content (AvgIpc) is 2.86. The van der Waals surface area contributed by atoms with E-state index in [4.69, 9.17) is 4.74 Å². The summed E-state index contributed by atoms with van der Waals surface area (Å²) in [4.78, 5) is 16.0. The van der Waals surface area contributed by atoms with Crippen molar-refractivity contribution in [3.05, 3.63) is 41.9 Å². The molecular weight excluding hydrogens is 230 g/mol. The molecule has 2 aromatic heterocycles. The van der Waals surface area contributed by atoms with Crippen molar-refractivity contribution in [2.24, 2.45) is 7.05 Å². The zero-order chi connectivity index (χ0) is 13.5. The van der Waals surface area contributed by atoms with Gasteiger partial charge < -0.3 is 4.74 Å². The van der Waals surface area contributed by atoms with Gasteiger partial charge in [0.25, 0.3) is 0 Å². The van der Waals surface area contributed by atoms with E-state index in [-0.39, 0.29) is 5.78 Å². The van der Waals surface area contributed by atoms with Crippen LogP contribution in [0.3, 0.4) is 0 Å². The smallest absolute Gasteiger partial charge is 0.212 e. The van der Waals surface area contributed by atoms with E-state index in [1.807, 2.05) is 13.8 Å². The maximum absolute atomic E-state index is 12.0. The van der Waals surface area contributed by atoms with Crippen LogP contribution in [-0.4, -0.2) is 27.7 Å². The lowest BCUT2D eigenvalue weighted by atomic mass is 10.1. The van der Waals surface area contributed by atoms with Crippen molar-refractivity contribution in [3.63, 3.8) is 0 Å². The molecule has 96 valence electrons. The Morgan fingerprint density at radius 3 is 2.44 bits per heavy atom. The second-order valence-corrected chi connectivity index (χ2v) is 3.26. The van der Waals surface area contributed by atoms with Crippen molar-refractivity contribution in [2.75, 3.05) is 7.11 Å². The fourth-order valence-corrected chi connectivity index (χ4v) is 1.38. The van der Waals surface area contributed by atoms with Gasteiger partial charge in [-0.3, -0.25) is 9.48 Å². The molecule has 0 saturated carbocycles. The highest BCUT2D eigenvalue weighted by Crippen LogP contribution is 2.11. The fourth-order valence-electron chi connectivity index (χ4n) is 1.38. The van der Waals surface area contributed by atoms with Crippen LogP contribution in [-0.2, 0) is 7.05 Å². The molecule has 2 heterocycles. The predicted octanol–water partition coefficient (Wildman–Crippen LogP) is 2.08. The van der Waals surface area contributed by atoms with E-state index >= 15 is 0 Å². The SMILES string of the molecule is CC.COc1ccc(C(=O)c2ccnn2C)cn1. The fraction of sp³-hybridized carbons (Fsp3) is 0.308. The molecule has 0 aliphatic carbocycles. The number of ether oxygens (including phenoxy) is 1. The minimum Gasteiger partial charge on any atom is -0.481 e. The number of methoxy groups -OCH3 is 1. The Hall–Kier alpha value is -2.17. The van der Waals surface area contributed by atoms with Crippen LogP contribution in [0.1, 0.15) is 29.9 Å². The van der Waals surface area contributed by atoms with Crippen LogP contribution in [0.2, 0.25) is 0 Å². The van der Waals surface area contributed by atoms with Crippen LogP contribution in [0.15, 0.2) is 30.6 Å². The van der Waals surface area contributed by atoms with Crippen molar-refractivity contribution in [3.8, 4) is 5.88 Å². The number of hydrogen-bond acceptors (Lipinski definition) is 4. The number of pyridine rings is 1. The lowest BCUT2D eigenvalue weighted by Gasteiger charge is -2.02. The molecule has 0 spiro atoms. The van der Waals surface area contributed by atoms with E-state index in [1.54, 1.807) is 31.4 Å². The van der Waals surface area contributed by atoms with Crippen molar-refractivity contribution in [2.45, 2.75) is 13.8 Å². The lowest BCUT2D eigenvalue weighted by Crippen LogP contribution is -2.08. The molecule has 0 aliphatic heterocycles. The van der Waals surface area contributed by atoms with Crippen molar-refractivity contribution in [1.82, 2.24) is 14.8 Å². The molecule has 0 amide bonds. The molecule has 2 rings (SSSR count). The minimum atomic E-state index is -0.102. The summed E-state index contributed by atoms with van der Waals surface area (Å²) in [6.45, 7) is 4.00. The van der Waals surface area contributed by atoms with Crippen LogP contribution < -0.4 is 4.74 Å². The first-order chi connectivity index (χ1) is 8.72. The molecule has 18 heavy (non-hydrogen) atoms. The number of aryl methyl sites for hydroxylation is 1. The van der Waals surface area contributed by atoms with E-state index in [9.17, 15) is 4.79 Å². The molecule has 0 bridgehead atoms. The molecule has 0 fully saturated rings. The van der Waals surface area contributed by atoms with Gasteiger partial charge in [-0.25, -0.2) is 4.98 Å². The van der Waals surface area contributed by atoms with Gasteiger partial charge in [0.2, 0.25) is 11.7 Å². The number of hydrogen-bond donors (Lipinski definition) is 0. The Labute approximate surface area is 106 Å². The summed E-state index contributed by atoms with van der Waals surface area (Å²) < 4.78 is 6.46. The maximum Gasteiger partial charge on any atom is 0.212 e. The van der Waals surface area contributed by atoms with E-state index in [0.29, 0.717) is 17.1 Å². The Morgan fingerprint density at radius 1 is 1.28 bits per heavy atom. The highest BCUT2D eigenvalue weighted by atomic mass is 16.5. The van der Waals surface area contributed by atoms with Gasteiger partial charge in [0.1, 0.15) is 5.69 Å². The molecule has 5 heteroatoms. The van der Waals surface area contributed by atoms with Crippen molar-refractivity contribution >= 4 is 5.78 Å². The second-order valence-electron chi connectivity index (χ2n) is 3.26. The number of carbonyl (C=O) groups excluding carboxylic acids is 1. The lowest BCUT2D eigenvalue weighted by molar-refractivity contribution is 0.103. The third kappa shape index (κ3) is 2.94. The first kappa shape index (κ1) is 13.9. The summed E-state index contributed by atoms with van der Waals surface area (Å²) in [6, 6.07) is 5.01. The topological polar surface area (TPSA) is 57.0 Å². The zero-order valence-electron chi connectivity index (χ0n) is 11.0. The summed E-state index contributed by atoms with van der Waals surface area (Å²) in [5, 5.41) is 3.95. The Bertz CT molecular complexity index is 503. The molecule has 2 aromatic rings. The predicted molar refractivity (Wildman–Crippen MR) is 68.8 cm³/mol. The summed E-state index contributed by atoms with van der Waals surface area (Å²) in [5.41, 5.74) is 1.05. The Balaban J connectivity index is 0.000000771. The summed E-state index contributed by atoms with van der Waals surface area (Å²) in [5.74, 6) is 0.386. The average molecular weight is 247 g/mol. The van der Waals surface area contributed by atoms with Crippen LogP contribution >= 0.6 is 0 Å². The molecule has 0 aromatic carbocycles. The molecule has 5 nitrogen and oxygen atoms in total. The number of ketones is 1. The number of rotatable bonds is 3. The van der Waals surface area contributed by atoms with Gasteiger partial charge >= 0.3 is 0 Å². The third-order valence-electron chi connectivity index (χ3n) is 2.26. The van der Waals surface area contributed by atoms with Crippen molar-refractivity contribution in [1.29, 1.82) is 0 Å². The van der Waals surface area contributed by atoms with Gasteiger partial charge in [-0.1, -0.05) is 13.8 Å². The summed E-state index contributed by atoms with van der Waals surface area (Å²) in [6.07, 6.45) is 3.08. The standard InChI is InChI=1S/C11H11N3O2.C2H6/c1-14-9(5-6-13-14)11(15)8-3-4-10(16-2)12-7-8;1-2/h3-7H,1-2H3;1-2H3. The molecule has 0 atom stereocenters. The van der Waals surface area contributed by atoms with Gasteiger partial charge in [0.05, 0.1) is 7.11 Å². The summed E-state index contributed by atoms with van der Waals surface area (Å²) >= 11 is 0. The number of nitrogens with zero attached hydrogens (tertiary/aromatic N) is 3. The molecule has 0 aliphatic rings. The van der Waals surface area contributed by atoms with Gasteiger partial charge in [0.15, 0.2) is 0 Å². The zero-order valence-corrected chi connectivity index (χ0v) is 11.0. The Morgan fingerprint density at radius 2 is 2.00 bits per heavy atom. The number of carbonyl (C=O) groups is 1. The molecular formula is C13H17N3O2. The first-order valence-electron chi connectivity index (χ1n) is 5.75. The highest BCUT2D eigenvalue weighted by Gasteiger charge is 2.12. The highest BCUT2D eigenvalue weighted by molar-refractivity contribution is 6.07. The second kappa shape index (κ2) is 6.54. The van der Waals surface area contributed by atoms with E-state index < -0.39 is 0 Å². The first-order valence-corrected chi connectivity index (χ1v) is 5.75. The van der Waals surface area contributed by atoms with Crippen LogP contribution in [0.25, 0.3) is 0 Å². The summed E-state index contributed by atoms with van der Waals surface area (Å²) in [7, 11) is 3.26. The van der Waals surface area contributed by atoms with Gasteiger partial charge in [0, 0.05) is 31.1 Å².